The van der Waals surface area contributed by atoms with Gasteiger partial charge in [-0.05, 0) is 12.1 Å². The lowest BCUT2D eigenvalue weighted by atomic mass is 10.2. The number of rotatable bonds is 4. The Labute approximate surface area is 81.8 Å². The average Bonchev–Trinajstić information content (AvgIpc) is 2.76. The molecule has 0 saturated carbocycles. The van der Waals surface area contributed by atoms with E-state index in [1.54, 1.807) is 18.4 Å². The predicted molar refractivity (Wildman–Crippen MR) is 47.7 cm³/mol. The Kier molecular flexibility index (Phi) is 2.96. The molecule has 76 valence electrons. The van der Waals surface area contributed by atoms with Crippen LogP contribution >= 0.6 is 0 Å². The van der Waals surface area contributed by atoms with Crippen LogP contribution in [-0.4, -0.2) is 25.3 Å². The van der Waals surface area contributed by atoms with Gasteiger partial charge in [0.1, 0.15) is 11.5 Å². The molecule has 0 aliphatic carbocycles. The first-order valence-corrected chi connectivity index (χ1v) is 4.62. The van der Waals surface area contributed by atoms with Gasteiger partial charge in [0.05, 0.1) is 32.3 Å². The van der Waals surface area contributed by atoms with Gasteiger partial charge in [0.15, 0.2) is 6.29 Å². The van der Waals surface area contributed by atoms with Crippen molar-refractivity contribution in [1.82, 2.24) is 0 Å². The molecule has 0 amide bonds. The molecule has 0 aromatic carbocycles. The van der Waals surface area contributed by atoms with Crippen LogP contribution in [0.1, 0.15) is 12.2 Å². The van der Waals surface area contributed by atoms with E-state index in [1.165, 1.54) is 0 Å². The minimum Gasteiger partial charge on any atom is -0.469 e. The van der Waals surface area contributed by atoms with E-state index in [0.717, 1.165) is 0 Å². The highest BCUT2D eigenvalue weighted by Crippen LogP contribution is 2.10. The van der Waals surface area contributed by atoms with Crippen LogP contribution in [0, 0.1) is 0 Å². The zero-order chi connectivity index (χ0) is 9.80. The van der Waals surface area contributed by atoms with Gasteiger partial charge in [0.2, 0.25) is 0 Å². The molecule has 1 aliphatic rings. The van der Waals surface area contributed by atoms with Crippen molar-refractivity contribution in [1.29, 1.82) is 0 Å². The summed E-state index contributed by atoms with van der Waals surface area (Å²) in [5, 5.41) is 0. The minimum atomic E-state index is -0.350. The van der Waals surface area contributed by atoms with Crippen molar-refractivity contribution < 1.29 is 18.7 Å². The van der Waals surface area contributed by atoms with E-state index in [2.05, 4.69) is 0 Å². The molecule has 4 nitrogen and oxygen atoms in total. The van der Waals surface area contributed by atoms with E-state index in [9.17, 15) is 4.79 Å². The second-order valence-corrected chi connectivity index (χ2v) is 3.17. The van der Waals surface area contributed by atoms with Crippen molar-refractivity contribution >= 4 is 5.78 Å². The number of Topliss-reactive ketones (excluding diaryl/α,β-unsaturated/α-hetero) is 1. The quantitative estimate of drug-likeness (QED) is 0.724. The van der Waals surface area contributed by atoms with Crippen LogP contribution in [-0.2, 0) is 20.7 Å². The summed E-state index contributed by atoms with van der Waals surface area (Å²) in [6.07, 6.45) is 1.83. The van der Waals surface area contributed by atoms with Crippen LogP contribution in [0.5, 0.6) is 0 Å². The van der Waals surface area contributed by atoms with Gasteiger partial charge in [0, 0.05) is 0 Å². The molecule has 1 aromatic heterocycles. The molecule has 4 heteroatoms. The first-order chi connectivity index (χ1) is 6.84. The number of hydrogen-bond acceptors (Lipinski definition) is 4. The molecule has 2 heterocycles. The molecule has 0 atom stereocenters. The summed E-state index contributed by atoms with van der Waals surface area (Å²) >= 11 is 0. The van der Waals surface area contributed by atoms with Crippen molar-refractivity contribution in [2.24, 2.45) is 0 Å². The standard InChI is InChI=1S/C10H12O4/c11-8(6-9-2-1-3-12-9)7-10-13-4-5-14-10/h1-3,10H,4-7H2. The normalized spacial score (nSPS) is 17.4. The Balaban J connectivity index is 1.78. The van der Waals surface area contributed by atoms with E-state index in [1.807, 2.05) is 0 Å². The molecule has 0 radical (unpaired) electrons. The summed E-state index contributed by atoms with van der Waals surface area (Å²) in [6, 6.07) is 3.56. The van der Waals surface area contributed by atoms with Crippen molar-refractivity contribution in [2.75, 3.05) is 13.2 Å². The summed E-state index contributed by atoms with van der Waals surface area (Å²) in [4.78, 5) is 11.4. The van der Waals surface area contributed by atoms with Crippen LogP contribution in [0.25, 0.3) is 0 Å². The lowest BCUT2D eigenvalue weighted by molar-refractivity contribution is -0.126. The Bertz CT molecular complexity index is 285. The van der Waals surface area contributed by atoms with Crippen molar-refractivity contribution in [3.8, 4) is 0 Å². The topological polar surface area (TPSA) is 48.7 Å². The highest BCUT2D eigenvalue weighted by molar-refractivity contribution is 5.80. The largest absolute Gasteiger partial charge is 0.469 e. The third-order valence-electron chi connectivity index (χ3n) is 2.04. The van der Waals surface area contributed by atoms with E-state index >= 15 is 0 Å². The molecule has 0 N–H and O–H groups in total. The molecular weight excluding hydrogens is 184 g/mol. The van der Waals surface area contributed by atoms with Crippen LogP contribution < -0.4 is 0 Å². The smallest absolute Gasteiger partial charge is 0.164 e. The summed E-state index contributed by atoms with van der Waals surface area (Å²) in [6.45, 7) is 1.16. The maximum Gasteiger partial charge on any atom is 0.164 e. The average molecular weight is 196 g/mol. The Morgan fingerprint density at radius 2 is 2.21 bits per heavy atom. The first-order valence-electron chi connectivity index (χ1n) is 4.62. The zero-order valence-electron chi connectivity index (χ0n) is 7.77. The third kappa shape index (κ3) is 2.43. The SMILES string of the molecule is O=C(Cc1ccco1)CC1OCCO1. The first kappa shape index (κ1) is 9.43. The number of ether oxygens (including phenoxy) is 2. The second-order valence-electron chi connectivity index (χ2n) is 3.17. The van der Waals surface area contributed by atoms with Crippen molar-refractivity contribution in [3.63, 3.8) is 0 Å². The molecular formula is C10H12O4. The van der Waals surface area contributed by atoms with Crippen LogP contribution in [0.15, 0.2) is 22.8 Å². The fourth-order valence-corrected chi connectivity index (χ4v) is 1.39. The van der Waals surface area contributed by atoms with Gasteiger partial charge in [-0.2, -0.15) is 0 Å². The highest BCUT2D eigenvalue weighted by atomic mass is 16.7. The highest BCUT2D eigenvalue weighted by Gasteiger charge is 2.20. The Morgan fingerprint density at radius 1 is 1.43 bits per heavy atom. The van der Waals surface area contributed by atoms with E-state index < -0.39 is 0 Å². The second kappa shape index (κ2) is 4.39. The van der Waals surface area contributed by atoms with Gasteiger partial charge in [0.25, 0.3) is 0 Å². The van der Waals surface area contributed by atoms with Gasteiger partial charge >= 0.3 is 0 Å². The lowest BCUT2D eigenvalue weighted by Crippen LogP contribution is -2.15. The van der Waals surface area contributed by atoms with Gasteiger partial charge in [-0.3, -0.25) is 4.79 Å². The van der Waals surface area contributed by atoms with Gasteiger partial charge in [-0.25, -0.2) is 0 Å². The summed E-state index contributed by atoms with van der Waals surface area (Å²) in [7, 11) is 0. The molecule has 1 fully saturated rings. The maximum atomic E-state index is 11.4. The zero-order valence-corrected chi connectivity index (χ0v) is 7.77. The van der Waals surface area contributed by atoms with Gasteiger partial charge in [-0.15, -0.1) is 0 Å². The van der Waals surface area contributed by atoms with Crippen LogP contribution in [0.4, 0.5) is 0 Å². The molecule has 14 heavy (non-hydrogen) atoms. The number of carbonyl (C=O) groups excluding carboxylic acids is 1. The summed E-state index contributed by atoms with van der Waals surface area (Å²) in [5.41, 5.74) is 0. The molecule has 0 bridgehead atoms. The number of hydrogen-bond donors (Lipinski definition) is 0. The fourth-order valence-electron chi connectivity index (χ4n) is 1.39. The molecule has 0 unspecified atom stereocenters. The Morgan fingerprint density at radius 3 is 2.86 bits per heavy atom. The minimum absolute atomic E-state index is 0.0758. The molecule has 1 aromatic rings. The lowest BCUT2D eigenvalue weighted by Gasteiger charge is -2.06. The number of furan rings is 1. The fraction of sp³-hybridized carbons (Fsp3) is 0.500. The van der Waals surface area contributed by atoms with Gasteiger partial charge in [-0.1, -0.05) is 0 Å². The van der Waals surface area contributed by atoms with Crippen molar-refractivity contribution in [3.05, 3.63) is 24.2 Å². The summed E-state index contributed by atoms with van der Waals surface area (Å²) < 4.78 is 15.4. The van der Waals surface area contributed by atoms with Crippen LogP contribution in [0.2, 0.25) is 0 Å². The molecule has 1 saturated heterocycles. The van der Waals surface area contributed by atoms with Gasteiger partial charge < -0.3 is 13.9 Å². The van der Waals surface area contributed by atoms with E-state index in [-0.39, 0.29) is 12.1 Å². The summed E-state index contributed by atoms with van der Waals surface area (Å²) in [5.74, 6) is 0.764. The van der Waals surface area contributed by atoms with E-state index in [0.29, 0.717) is 31.8 Å². The molecule has 0 spiro atoms. The Hall–Kier alpha value is -1.13. The molecule has 1 aliphatic heterocycles. The van der Waals surface area contributed by atoms with Crippen LogP contribution in [0.3, 0.4) is 0 Å². The number of carbonyl (C=O) groups is 1. The third-order valence-corrected chi connectivity index (χ3v) is 2.04. The maximum absolute atomic E-state index is 11.4. The van der Waals surface area contributed by atoms with Crippen molar-refractivity contribution in [2.45, 2.75) is 19.1 Å². The monoisotopic (exact) mass is 196 g/mol. The van der Waals surface area contributed by atoms with E-state index in [4.69, 9.17) is 13.9 Å². The number of ketones is 1. The molecule has 2 rings (SSSR count). The predicted octanol–water partition coefficient (Wildman–Crippen LogP) is 1.15.